The van der Waals surface area contributed by atoms with Crippen molar-refractivity contribution in [2.45, 2.75) is 19.9 Å². The third-order valence-electron chi connectivity index (χ3n) is 2.25. The lowest BCUT2D eigenvalue weighted by Gasteiger charge is -2.05. The van der Waals surface area contributed by atoms with Gasteiger partial charge >= 0.3 is 0 Å². The number of aromatic nitrogens is 1. The number of hydrogen-bond acceptors (Lipinski definition) is 3. The van der Waals surface area contributed by atoms with E-state index in [1.807, 2.05) is 13.8 Å². The Balaban J connectivity index is 2.20. The van der Waals surface area contributed by atoms with E-state index >= 15 is 0 Å². The Morgan fingerprint density at radius 2 is 2.00 bits per heavy atom. The Labute approximate surface area is 109 Å². The Morgan fingerprint density at radius 3 is 2.61 bits per heavy atom. The van der Waals surface area contributed by atoms with Gasteiger partial charge in [0.1, 0.15) is 16.5 Å². The highest BCUT2D eigenvalue weighted by atomic mass is 32.1. The second-order valence-electron chi connectivity index (χ2n) is 4.17. The zero-order chi connectivity index (χ0) is 13.1. The van der Waals surface area contributed by atoms with Crippen molar-refractivity contribution in [2.24, 2.45) is 0 Å². The monoisotopic (exact) mass is 264 g/mol. The number of carbonyl (C=O) groups excluding carboxylic acids is 1. The fourth-order valence-corrected chi connectivity index (χ4v) is 2.25. The lowest BCUT2D eigenvalue weighted by atomic mass is 10.2. The van der Waals surface area contributed by atoms with Gasteiger partial charge in [0.15, 0.2) is 0 Å². The van der Waals surface area contributed by atoms with E-state index in [1.165, 1.54) is 23.5 Å². The summed E-state index contributed by atoms with van der Waals surface area (Å²) in [7, 11) is 0. The Bertz CT molecular complexity index is 548. The number of rotatable bonds is 3. The smallest absolute Gasteiger partial charge is 0.270 e. The maximum absolute atomic E-state index is 12.8. The van der Waals surface area contributed by atoms with Crippen LogP contribution in [0.5, 0.6) is 0 Å². The third-order valence-corrected chi connectivity index (χ3v) is 3.14. The standard InChI is InChI=1S/C13H13FN2OS/c1-8(2)15-12(17)11-7-18-13(16-11)9-3-5-10(14)6-4-9/h3-8H,1-2H3,(H,15,17). The van der Waals surface area contributed by atoms with Gasteiger partial charge < -0.3 is 5.32 Å². The van der Waals surface area contributed by atoms with Crippen LogP contribution in [0.3, 0.4) is 0 Å². The fraction of sp³-hybridized carbons (Fsp3) is 0.231. The number of amides is 1. The van der Waals surface area contributed by atoms with Gasteiger partial charge in [-0.1, -0.05) is 0 Å². The highest BCUT2D eigenvalue weighted by Crippen LogP contribution is 2.23. The van der Waals surface area contributed by atoms with Crippen LogP contribution in [-0.4, -0.2) is 16.9 Å². The molecular weight excluding hydrogens is 251 g/mol. The molecule has 1 amide bonds. The Kier molecular flexibility index (Phi) is 3.72. The van der Waals surface area contributed by atoms with Crippen LogP contribution in [-0.2, 0) is 0 Å². The number of nitrogens with one attached hydrogen (secondary N) is 1. The summed E-state index contributed by atoms with van der Waals surface area (Å²) < 4.78 is 12.8. The summed E-state index contributed by atoms with van der Waals surface area (Å²) in [5, 5.41) is 5.19. The minimum absolute atomic E-state index is 0.0773. The highest BCUT2D eigenvalue weighted by Gasteiger charge is 2.12. The van der Waals surface area contributed by atoms with Gasteiger partial charge in [-0.05, 0) is 38.1 Å². The molecule has 0 unspecified atom stereocenters. The Hall–Kier alpha value is -1.75. The van der Waals surface area contributed by atoms with Crippen molar-refractivity contribution in [3.63, 3.8) is 0 Å². The molecule has 2 rings (SSSR count). The molecule has 2 aromatic rings. The average molecular weight is 264 g/mol. The van der Waals surface area contributed by atoms with E-state index in [0.29, 0.717) is 10.7 Å². The molecule has 0 aliphatic heterocycles. The van der Waals surface area contributed by atoms with Gasteiger partial charge in [-0.3, -0.25) is 4.79 Å². The summed E-state index contributed by atoms with van der Waals surface area (Å²) >= 11 is 1.37. The minimum Gasteiger partial charge on any atom is -0.349 e. The van der Waals surface area contributed by atoms with E-state index in [9.17, 15) is 9.18 Å². The third kappa shape index (κ3) is 2.92. The number of nitrogens with zero attached hydrogens (tertiary/aromatic N) is 1. The molecule has 5 heteroatoms. The summed E-state index contributed by atoms with van der Waals surface area (Å²) in [5.41, 5.74) is 1.21. The molecule has 0 aliphatic carbocycles. The fourth-order valence-electron chi connectivity index (χ4n) is 1.44. The van der Waals surface area contributed by atoms with E-state index < -0.39 is 0 Å². The molecule has 94 valence electrons. The van der Waals surface area contributed by atoms with Crippen LogP contribution in [0.4, 0.5) is 4.39 Å². The predicted octanol–water partition coefficient (Wildman–Crippen LogP) is 3.09. The van der Waals surface area contributed by atoms with Crippen molar-refractivity contribution in [1.82, 2.24) is 10.3 Å². The van der Waals surface area contributed by atoms with Crippen LogP contribution in [0.15, 0.2) is 29.6 Å². The number of halogens is 1. The molecular formula is C13H13FN2OS. The first kappa shape index (κ1) is 12.7. The maximum Gasteiger partial charge on any atom is 0.270 e. The molecule has 0 radical (unpaired) electrons. The van der Waals surface area contributed by atoms with E-state index in [2.05, 4.69) is 10.3 Å². The molecule has 0 fully saturated rings. The van der Waals surface area contributed by atoms with Crippen LogP contribution in [0.2, 0.25) is 0 Å². The summed E-state index contributed by atoms with van der Waals surface area (Å²) in [5.74, 6) is -0.470. The number of carbonyl (C=O) groups is 1. The molecule has 3 nitrogen and oxygen atoms in total. The van der Waals surface area contributed by atoms with E-state index in [0.717, 1.165) is 5.56 Å². The first-order chi connectivity index (χ1) is 8.56. The van der Waals surface area contributed by atoms with Gasteiger partial charge in [0.2, 0.25) is 0 Å². The van der Waals surface area contributed by atoms with E-state index in [-0.39, 0.29) is 17.8 Å². The maximum atomic E-state index is 12.8. The second-order valence-corrected chi connectivity index (χ2v) is 5.03. The number of hydrogen-bond donors (Lipinski definition) is 1. The zero-order valence-corrected chi connectivity index (χ0v) is 10.9. The largest absolute Gasteiger partial charge is 0.349 e. The van der Waals surface area contributed by atoms with Crippen molar-refractivity contribution < 1.29 is 9.18 Å². The van der Waals surface area contributed by atoms with Gasteiger partial charge in [0.05, 0.1) is 0 Å². The predicted molar refractivity (Wildman–Crippen MR) is 70.1 cm³/mol. The lowest BCUT2D eigenvalue weighted by Crippen LogP contribution is -2.30. The summed E-state index contributed by atoms with van der Waals surface area (Å²) in [6.45, 7) is 3.79. The summed E-state index contributed by atoms with van der Waals surface area (Å²) in [4.78, 5) is 16.0. The first-order valence-electron chi connectivity index (χ1n) is 5.58. The van der Waals surface area contributed by atoms with Crippen LogP contribution in [0, 0.1) is 5.82 Å². The van der Waals surface area contributed by atoms with Crippen LogP contribution in [0.1, 0.15) is 24.3 Å². The minimum atomic E-state index is -0.284. The molecule has 1 aromatic heterocycles. The number of thiazole rings is 1. The molecule has 0 bridgehead atoms. The van der Waals surface area contributed by atoms with Gasteiger partial charge in [-0.2, -0.15) is 0 Å². The quantitative estimate of drug-likeness (QED) is 0.925. The molecule has 0 spiro atoms. The van der Waals surface area contributed by atoms with Crippen LogP contribution >= 0.6 is 11.3 Å². The van der Waals surface area contributed by atoms with Crippen molar-refractivity contribution in [3.05, 3.63) is 41.2 Å². The van der Waals surface area contributed by atoms with Crippen molar-refractivity contribution in [1.29, 1.82) is 0 Å². The van der Waals surface area contributed by atoms with Gasteiger partial charge in [0, 0.05) is 17.0 Å². The first-order valence-corrected chi connectivity index (χ1v) is 6.46. The summed E-state index contributed by atoms with van der Waals surface area (Å²) in [6, 6.07) is 6.14. The Morgan fingerprint density at radius 1 is 1.33 bits per heavy atom. The summed E-state index contributed by atoms with van der Waals surface area (Å²) in [6.07, 6.45) is 0. The molecule has 18 heavy (non-hydrogen) atoms. The van der Waals surface area contributed by atoms with Crippen LogP contribution in [0.25, 0.3) is 10.6 Å². The molecule has 1 heterocycles. The van der Waals surface area contributed by atoms with Crippen molar-refractivity contribution >= 4 is 17.2 Å². The molecule has 0 atom stereocenters. The molecule has 1 N–H and O–H groups in total. The SMILES string of the molecule is CC(C)NC(=O)c1csc(-c2ccc(F)cc2)n1. The van der Waals surface area contributed by atoms with Gasteiger partial charge in [-0.15, -0.1) is 11.3 Å². The normalized spacial score (nSPS) is 10.7. The highest BCUT2D eigenvalue weighted by molar-refractivity contribution is 7.13. The van der Waals surface area contributed by atoms with Crippen LogP contribution < -0.4 is 5.32 Å². The van der Waals surface area contributed by atoms with E-state index in [4.69, 9.17) is 0 Å². The lowest BCUT2D eigenvalue weighted by molar-refractivity contribution is 0.0939. The van der Waals surface area contributed by atoms with Crippen molar-refractivity contribution in [2.75, 3.05) is 0 Å². The zero-order valence-electron chi connectivity index (χ0n) is 10.1. The van der Waals surface area contributed by atoms with Gasteiger partial charge in [0.25, 0.3) is 5.91 Å². The molecule has 1 aromatic carbocycles. The molecule has 0 saturated carbocycles. The number of benzene rings is 1. The second kappa shape index (κ2) is 5.27. The van der Waals surface area contributed by atoms with E-state index in [1.54, 1.807) is 17.5 Å². The topological polar surface area (TPSA) is 42.0 Å². The molecule has 0 aliphatic rings. The molecule has 0 saturated heterocycles. The van der Waals surface area contributed by atoms with Gasteiger partial charge in [-0.25, -0.2) is 9.37 Å². The average Bonchev–Trinajstić information content (AvgIpc) is 2.78. The van der Waals surface area contributed by atoms with Crippen molar-refractivity contribution in [3.8, 4) is 10.6 Å².